The van der Waals surface area contributed by atoms with E-state index >= 15 is 0 Å². The predicted molar refractivity (Wildman–Crippen MR) is 74.1 cm³/mol. The minimum absolute atomic E-state index is 0.101. The van der Waals surface area contributed by atoms with Gasteiger partial charge >= 0.3 is 5.69 Å². The summed E-state index contributed by atoms with van der Waals surface area (Å²) < 4.78 is 5.56. The van der Waals surface area contributed by atoms with Crippen LogP contribution >= 0.6 is 0 Å². The van der Waals surface area contributed by atoms with Gasteiger partial charge in [0.15, 0.2) is 0 Å². The Hall–Kier alpha value is -2.70. The Morgan fingerprint density at radius 2 is 2.10 bits per heavy atom. The van der Waals surface area contributed by atoms with Crippen LogP contribution in [0.3, 0.4) is 0 Å². The number of aromatic nitrogens is 2. The number of para-hydroxylation sites is 2. The normalized spacial score (nSPS) is 10.1. The molecule has 0 aliphatic rings. The average molecular weight is 274 g/mol. The van der Waals surface area contributed by atoms with Gasteiger partial charge in [-0.25, -0.2) is 9.97 Å². The molecular weight excluding hydrogens is 260 g/mol. The van der Waals surface area contributed by atoms with Crippen molar-refractivity contribution in [3.63, 3.8) is 0 Å². The first-order valence-corrected chi connectivity index (χ1v) is 6.10. The number of nitro benzene ring substituents is 1. The van der Waals surface area contributed by atoms with Crippen molar-refractivity contribution in [1.82, 2.24) is 9.97 Å². The number of nitrogens with one attached hydrogen (secondary N) is 1. The first-order chi connectivity index (χ1) is 9.63. The lowest BCUT2D eigenvalue weighted by Gasteiger charge is -2.10. The van der Waals surface area contributed by atoms with Gasteiger partial charge in [-0.3, -0.25) is 10.1 Å². The molecule has 7 heteroatoms. The zero-order valence-corrected chi connectivity index (χ0v) is 11.2. The molecule has 1 aromatic carbocycles. The molecule has 1 heterocycles. The van der Waals surface area contributed by atoms with Gasteiger partial charge in [-0.1, -0.05) is 12.1 Å². The van der Waals surface area contributed by atoms with Crippen molar-refractivity contribution >= 4 is 11.5 Å². The molecule has 2 aromatic rings. The second-order valence-electron chi connectivity index (χ2n) is 4.01. The monoisotopic (exact) mass is 274 g/mol. The van der Waals surface area contributed by atoms with Gasteiger partial charge in [0.2, 0.25) is 11.6 Å². The molecule has 0 saturated heterocycles. The number of rotatable bonds is 5. The molecule has 0 unspecified atom stereocenters. The fraction of sp³-hybridized carbons (Fsp3) is 0.231. The van der Waals surface area contributed by atoms with Gasteiger partial charge in [0.05, 0.1) is 10.5 Å². The standard InChI is InChI=1S/C13H14N4O3/c1-3-14-12-9(2)13(16-8-15-12)20-11-7-5-4-6-10(11)17(18)19/h4-8H,3H2,1-2H3,(H,14,15,16). The van der Waals surface area contributed by atoms with Crippen molar-refractivity contribution < 1.29 is 9.66 Å². The SMILES string of the molecule is CCNc1ncnc(Oc2ccccc2[N+](=O)[O-])c1C. The van der Waals surface area contributed by atoms with Crippen molar-refractivity contribution in [3.8, 4) is 11.6 Å². The molecule has 0 saturated carbocycles. The highest BCUT2D eigenvalue weighted by Gasteiger charge is 2.17. The van der Waals surface area contributed by atoms with Gasteiger partial charge in [-0.2, -0.15) is 0 Å². The van der Waals surface area contributed by atoms with Crippen LogP contribution in [0.15, 0.2) is 30.6 Å². The summed E-state index contributed by atoms with van der Waals surface area (Å²) in [5.41, 5.74) is 0.600. The van der Waals surface area contributed by atoms with Crippen LogP contribution in [0.5, 0.6) is 11.6 Å². The highest BCUT2D eigenvalue weighted by molar-refractivity contribution is 5.52. The zero-order valence-electron chi connectivity index (χ0n) is 11.2. The van der Waals surface area contributed by atoms with Gasteiger partial charge in [0.25, 0.3) is 0 Å². The zero-order chi connectivity index (χ0) is 14.5. The van der Waals surface area contributed by atoms with E-state index in [1.165, 1.54) is 18.5 Å². The molecule has 1 N–H and O–H groups in total. The molecule has 0 fully saturated rings. The van der Waals surface area contributed by atoms with E-state index in [1.54, 1.807) is 19.1 Å². The Balaban J connectivity index is 2.36. The summed E-state index contributed by atoms with van der Waals surface area (Å²) in [6.07, 6.45) is 1.36. The molecule has 2 rings (SSSR count). The van der Waals surface area contributed by atoms with Crippen LogP contribution in [0, 0.1) is 17.0 Å². The number of nitrogens with zero attached hydrogens (tertiary/aromatic N) is 3. The molecule has 0 aliphatic heterocycles. The molecule has 0 bridgehead atoms. The minimum Gasteiger partial charge on any atom is -0.431 e. The highest BCUT2D eigenvalue weighted by Crippen LogP contribution is 2.32. The number of hydrogen-bond acceptors (Lipinski definition) is 6. The first-order valence-electron chi connectivity index (χ1n) is 6.10. The Kier molecular flexibility index (Phi) is 4.09. The maximum Gasteiger partial charge on any atom is 0.311 e. The second kappa shape index (κ2) is 5.96. The van der Waals surface area contributed by atoms with E-state index in [2.05, 4.69) is 15.3 Å². The van der Waals surface area contributed by atoms with Crippen LogP contribution in [0.4, 0.5) is 11.5 Å². The van der Waals surface area contributed by atoms with Crippen LogP contribution in [0.25, 0.3) is 0 Å². The summed E-state index contributed by atoms with van der Waals surface area (Å²) in [5, 5.41) is 14.0. The summed E-state index contributed by atoms with van der Waals surface area (Å²) in [6, 6.07) is 6.18. The summed E-state index contributed by atoms with van der Waals surface area (Å²) in [6.45, 7) is 4.45. The van der Waals surface area contributed by atoms with Gasteiger partial charge in [-0.15, -0.1) is 0 Å². The van der Waals surface area contributed by atoms with E-state index in [0.29, 0.717) is 23.8 Å². The molecule has 0 radical (unpaired) electrons. The molecule has 104 valence electrons. The van der Waals surface area contributed by atoms with Gasteiger partial charge in [0.1, 0.15) is 12.1 Å². The van der Waals surface area contributed by atoms with Gasteiger partial charge in [0, 0.05) is 12.6 Å². The smallest absolute Gasteiger partial charge is 0.311 e. The fourth-order valence-corrected chi connectivity index (χ4v) is 1.68. The molecule has 7 nitrogen and oxygen atoms in total. The lowest BCUT2D eigenvalue weighted by molar-refractivity contribution is -0.385. The van der Waals surface area contributed by atoms with Crippen LogP contribution in [0.1, 0.15) is 12.5 Å². The van der Waals surface area contributed by atoms with E-state index in [0.717, 1.165) is 0 Å². The maximum absolute atomic E-state index is 10.9. The number of ether oxygens (including phenoxy) is 1. The third-order valence-electron chi connectivity index (χ3n) is 2.65. The Bertz CT molecular complexity index is 631. The molecular formula is C13H14N4O3. The number of nitro groups is 1. The Labute approximate surface area is 115 Å². The summed E-state index contributed by atoms with van der Waals surface area (Å²) in [5.74, 6) is 1.10. The van der Waals surface area contributed by atoms with Crippen LogP contribution in [0.2, 0.25) is 0 Å². The largest absolute Gasteiger partial charge is 0.431 e. The minimum atomic E-state index is -0.489. The number of benzene rings is 1. The fourth-order valence-electron chi connectivity index (χ4n) is 1.68. The molecule has 0 amide bonds. The Morgan fingerprint density at radius 1 is 1.35 bits per heavy atom. The van der Waals surface area contributed by atoms with Crippen molar-refractivity contribution in [3.05, 3.63) is 46.3 Å². The lowest BCUT2D eigenvalue weighted by Crippen LogP contribution is -2.04. The van der Waals surface area contributed by atoms with E-state index in [4.69, 9.17) is 4.74 Å². The van der Waals surface area contributed by atoms with E-state index in [1.807, 2.05) is 6.92 Å². The third kappa shape index (κ3) is 2.82. The molecule has 0 spiro atoms. The van der Waals surface area contributed by atoms with Crippen molar-refractivity contribution in [2.45, 2.75) is 13.8 Å². The topological polar surface area (TPSA) is 90.2 Å². The van der Waals surface area contributed by atoms with Gasteiger partial charge < -0.3 is 10.1 Å². The highest BCUT2D eigenvalue weighted by atomic mass is 16.6. The molecule has 0 aliphatic carbocycles. The van der Waals surface area contributed by atoms with Crippen LogP contribution in [-0.4, -0.2) is 21.4 Å². The van der Waals surface area contributed by atoms with Crippen molar-refractivity contribution in [2.75, 3.05) is 11.9 Å². The van der Waals surface area contributed by atoms with Crippen LogP contribution in [-0.2, 0) is 0 Å². The lowest BCUT2D eigenvalue weighted by atomic mass is 10.3. The van der Waals surface area contributed by atoms with Crippen molar-refractivity contribution in [1.29, 1.82) is 0 Å². The summed E-state index contributed by atoms with van der Waals surface area (Å²) in [7, 11) is 0. The van der Waals surface area contributed by atoms with Crippen LogP contribution < -0.4 is 10.1 Å². The molecule has 20 heavy (non-hydrogen) atoms. The quantitative estimate of drug-likeness (QED) is 0.666. The predicted octanol–water partition coefficient (Wildman–Crippen LogP) is 2.92. The Morgan fingerprint density at radius 3 is 2.80 bits per heavy atom. The number of hydrogen-bond donors (Lipinski definition) is 1. The molecule has 0 atom stereocenters. The average Bonchev–Trinajstić information content (AvgIpc) is 2.44. The summed E-state index contributed by atoms with van der Waals surface area (Å²) in [4.78, 5) is 18.6. The van der Waals surface area contributed by atoms with Gasteiger partial charge in [-0.05, 0) is 19.9 Å². The van der Waals surface area contributed by atoms with E-state index < -0.39 is 4.92 Å². The first kappa shape index (κ1) is 13.7. The maximum atomic E-state index is 10.9. The number of anilines is 1. The summed E-state index contributed by atoms with van der Waals surface area (Å²) >= 11 is 0. The second-order valence-corrected chi connectivity index (χ2v) is 4.01. The van der Waals surface area contributed by atoms with Crippen molar-refractivity contribution in [2.24, 2.45) is 0 Å². The van der Waals surface area contributed by atoms with E-state index in [9.17, 15) is 10.1 Å². The third-order valence-corrected chi connectivity index (χ3v) is 2.65. The van der Waals surface area contributed by atoms with E-state index in [-0.39, 0.29) is 11.4 Å². The molecule has 1 aromatic heterocycles.